The van der Waals surface area contributed by atoms with Crippen molar-refractivity contribution in [2.75, 3.05) is 26.2 Å². The first-order valence-corrected chi connectivity index (χ1v) is 17.6. The standard InChI is InChI=1S/C38H51N3O6/c42-27-31-25-33(46-32-15-11-16-32)26-41(31)37(44)19-4-2-9-22-39-36(43)18-3-1-10-23-40-38(45)47-35-24-30-14-6-5-12-28(30)20-21-29-13-7-8-17-34(29)35/h5-8,12-14,17,20-21,31-33,35,42H,1-4,9-11,15-16,18-19,22-27H2,(H,39,43)(H,40,45)/b21-20-/t31-,33+,35?/m0/s1. The Balaban J connectivity index is 0.893. The Kier molecular flexibility index (Phi) is 13.3. The molecule has 1 heterocycles. The van der Waals surface area contributed by atoms with Crippen LogP contribution in [0.15, 0.2) is 48.5 Å². The molecular formula is C38H51N3O6. The van der Waals surface area contributed by atoms with E-state index in [1.807, 2.05) is 36.4 Å². The van der Waals surface area contributed by atoms with Gasteiger partial charge in [-0.1, -0.05) is 73.5 Å². The predicted octanol–water partition coefficient (Wildman–Crippen LogP) is 5.95. The Bertz CT molecular complexity index is 1360. The number of aliphatic hydroxyl groups excluding tert-OH is 1. The zero-order valence-corrected chi connectivity index (χ0v) is 27.5. The number of aliphatic hydroxyl groups is 1. The molecule has 9 nitrogen and oxygen atoms in total. The molecule has 47 heavy (non-hydrogen) atoms. The van der Waals surface area contributed by atoms with E-state index >= 15 is 0 Å². The van der Waals surface area contributed by atoms with Crippen LogP contribution in [0.25, 0.3) is 12.2 Å². The maximum atomic E-state index is 12.8. The molecule has 0 bridgehead atoms. The Morgan fingerprint density at radius 2 is 1.51 bits per heavy atom. The van der Waals surface area contributed by atoms with E-state index in [0.717, 1.165) is 80.0 Å². The summed E-state index contributed by atoms with van der Waals surface area (Å²) in [7, 11) is 0. The summed E-state index contributed by atoms with van der Waals surface area (Å²) in [6.07, 6.45) is 14.2. The fraction of sp³-hybridized carbons (Fsp3) is 0.553. The quantitative estimate of drug-likeness (QED) is 0.194. The average molecular weight is 646 g/mol. The number of benzene rings is 2. The molecule has 1 saturated carbocycles. The van der Waals surface area contributed by atoms with Gasteiger partial charge in [-0.3, -0.25) is 9.59 Å². The van der Waals surface area contributed by atoms with Crippen LogP contribution in [0.2, 0.25) is 0 Å². The van der Waals surface area contributed by atoms with Crippen molar-refractivity contribution in [3.8, 4) is 0 Å². The number of nitrogens with zero attached hydrogens (tertiary/aromatic N) is 1. The van der Waals surface area contributed by atoms with Gasteiger partial charge in [-0.15, -0.1) is 0 Å². The summed E-state index contributed by atoms with van der Waals surface area (Å²) in [5, 5.41) is 15.6. The zero-order valence-electron chi connectivity index (χ0n) is 27.5. The lowest BCUT2D eigenvalue weighted by atomic mass is 9.91. The molecule has 0 spiro atoms. The number of alkyl carbamates (subject to hydrolysis) is 1. The topological polar surface area (TPSA) is 117 Å². The number of carbonyl (C=O) groups is 3. The van der Waals surface area contributed by atoms with Crippen molar-refractivity contribution in [1.29, 1.82) is 0 Å². The summed E-state index contributed by atoms with van der Waals surface area (Å²) in [5.74, 6) is 0.120. The van der Waals surface area contributed by atoms with Crippen LogP contribution in [0.4, 0.5) is 4.79 Å². The summed E-state index contributed by atoms with van der Waals surface area (Å²) in [4.78, 5) is 39.5. The number of amides is 3. The molecule has 2 aromatic rings. The minimum Gasteiger partial charge on any atom is -0.441 e. The van der Waals surface area contributed by atoms with Gasteiger partial charge in [-0.05, 0) is 68.1 Å². The second-order valence-electron chi connectivity index (χ2n) is 13.1. The number of likely N-dealkylation sites (tertiary alicyclic amines) is 1. The molecule has 3 aliphatic rings. The highest BCUT2D eigenvalue weighted by molar-refractivity contribution is 5.77. The molecule has 2 aliphatic carbocycles. The monoisotopic (exact) mass is 645 g/mol. The first-order valence-electron chi connectivity index (χ1n) is 17.6. The first-order chi connectivity index (χ1) is 23.0. The van der Waals surface area contributed by atoms with Gasteiger partial charge in [-0.2, -0.15) is 0 Å². The molecular weight excluding hydrogens is 594 g/mol. The van der Waals surface area contributed by atoms with Gasteiger partial charge in [0.2, 0.25) is 11.8 Å². The molecule has 1 saturated heterocycles. The summed E-state index contributed by atoms with van der Waals surface area (Å²) < 4.78 is 12.0. The molecule has 1 unspecified atom stereocenters. The van der Waals surface area contributed by atoms with Crippen molar-refractivity contribution in [2.24, 2.45) is 0 Å². The zero-order chi connectivity index (χ0) is 32.8. The van der Waals surface area contributed by atoms with Gasteiger partial charge in [0, 0.05) is 44.5 Å². The van der Waals surface area contributed by atoms with Gasteiger partial charge in [0.1, 0.15) is 6.10 Å². The Morgan fingerprint density at radius 3 is 2.28 bits per heavy atom. The molecule has 9 heteroatoms. The number of rotatable bonds is 16. The summed E-state index contributed by atoms with van der Waals surface area (Å²) in [5.41, 5.74) is 4.31. The Morgan fingerprint density at radius 1 is 0.809 bits per heavy atom. The van der Waals surface area contributed by atoms with Crippen LogP contribution in [0.1, 0.15) is 105 Å². The van der Waals surface area contributed by atoms with Crippen molar-refractivity contribution in [1.82, 2.24) is 15.5 Å². The fourth-order valence-electron chi connectivity index (χ4n) is 6.65. The minimum atomic E-state index is -0.429. The van der Waals surface area contributed by atoms with Gasteiger partial charge < -0.3 is 30.1 Å². The maximum Gasteiger partial charge on any atom is 0.407 e. The van der Waals surface area contributed by atoms with E-state index in [0.29, 0.717) is 45.0 Å². The number of fused-ring (bicyclic) bond motifs is 2. The average Bonchev–Trinajstić information content (AvgIpc) is 3.48. The van der Waals surface area contributed by atoms with Crippen molar-refractivity contribution in [3.63, 3.8) is 0 Å². The van der Waals surface area contributed by atoms with Crippen LogP contribution in [0.5, 0.6) is 0 Å². The highest BCUT2D eigenvalue weighted by Crippen LogP contribution is 2.31. The maximum absolute atomic E-state index is 12.8. The lowest BCUT2D eigenvalue weighted by Gasteiger charge is -2.28. The summed E-state index contributed by atoms with van der Waals surface area (Å²) >= 11 is 0. The molecule has 2 fully saturated rings. The van der Waals surface area contributed by atoms with Crippen LogP contribution < -0.4 is 10.6 Å². The SMILES string of the molecule is O=C(CCCCCNC(=O)OC1Cc2ccccc2/C=C\c2ccccc21)NCCCCCC(=O)N1C[C@H](OC2CCC2)C[C@H]1CO. The van der Waals surface area contributed by atoms with E-state index in [-0.39, 0.29) is 36.7 Å². The normalized spacial score (nSPS) is 21.0. The Hall–Kier alpha value is -3.69. The molecule has 254 valence electrons. The van der Waals surface area contributed by atoms with Crippen molar-refractivity contribution in [2.45, 2.75) is 108 Å². The second-order valence-corrected chi connectivity index (χ2v) is 13.1. The number of hydrogen-bond acceptors (Lipinski definition) is 6. The molecule has 0 aromatic heterocycles. The van der Waals surface area contributed by atoms with Gasteiger partial charge in [-0.25, -0.2) is 4.79 Å². The molecule has 0 radical (unpaired) electrons. The molecule has 5 rings (SSSR count). The number of ether oxygens (including phenoxy) is 2. The highest BCUT2D eigenvalue weighted by Gasteiger charge is 2.37. The van der Waals surface area contributed by atoms with E-state index in [9.17, 15) is 19.5 Å². The van der Waals surface area contributed by atoms with Gasteiger partial charge >= 0.3 is 6.09 Å². The molecule has 3 N–H and O–H groups in total. The van der Waals surface area contributed by atoms with E-state index < -0.39 is 6.09 Å². The van der Waals surface area contributed by atoms with Crippen LogP contribution in [0.3, 0.4) is 0 Å². The molecule has 3 atom stereocenters. The van der Waals surface area contributed by atoms with Crippen molar-refractivity contribution >= 4 is 30.1 Å². The Labute approximate surface area is 279 Å². The summed E-state index contributed by atoms with van der Waals surface area (Å²) in [6, 6.07) is 16.1. The van der Waals surface area contributed by atoms with Gasteiger partial charge in [0.25, 0.3) is 0 Å². The third-order valence-corrected chi connectivity index (χ3v) is 9.58. The van der Waals surface area contributed by atoms with E-state index in [1.165, 1.54) is 6.42 Å². The minimum absolute atomic E-state index is 0.0186. The number of carbonyl (C=O) groups excluding carboxylic acids is 3. The largest absolute Gasteiger partial charge is 0.441 e. The van der Waals surface area contributed by atoms with E-state index in [4.69, 9.17) is 9.47 Å². The molecule has 1 aliphatic heterocycles. The third kappa shape index (κ3) is 10.4. The van der Waals surface area contributed by atoms with Crippen LogP contribution in [0, 0.1) is 0 Å². The third-order valence-electron chi connectivity index (χ3n) is 9.58. The lowest BCUT2D eigenvalue weighted by molar-refractivity contribution is -0.133. The smallest absolute Gasteiger partial charge is 0.407 e. The van der Waals surface area contributed by atoms with E-state index in [2.05, 4.69) is 34.9 Å². The molecule has 2 aromatic carbocycles. The van der Waals surface area contributed by atoms with E-state index in [1.54, 1.807) is 4.90 Å². The number of nitrogens with one attached hydrogen (secondary N) is 2. The van der Waals surface area contributed by atoms with Gasteiger partial charge in [0.15, 0.2) is 0 Å². The lowest BCUT2D eigenvalue weighted by Crippen LogP contribution is -2.38. The number of unbranched alkanes of at least 4 members (excludes halogenated alkanes) is 4. The van der Waals surface area contributed by atoms with Crippen molar-refractivity contribution < 1.29 is 29.0 Å². The number of hydrogen-bond donors (Lipinski definition) is 3. The first kappa shape index (κ1) is 34.6. The van der Waals surface area contributed by atoms with Crippen LogP contribution in [-0.4, -0.2) is 72.4 Å². The fourth-order valence-corrected chi connectivity index (χ4v) is 6.65. The predicted molar refractivity (Wildman–Crippen MR) is 182 cm³/mol. The van der Waals surface area contributed by atoms with Crippen LogP contribution in [-0.2, 0) is 25.5 Å². The van der Waals surface area contributed by atoms with Crippen molar-refractivity contribution in [3.05, 3.63) is 70.8 Å². The van der Waals surface area contributed by atoms with Gasteiger partial charge in [0.05, 0.1) is 24.9 Å². The molecule has 3 amide bonds. The highest BCUT2D eigenvalue weighted by atomic mass is 16.6. The summed E-state index contributed by atoms with van der Waals surface area (Å²) in [6.45, 7) is 1.66. The second kappa shape index (κ2) is 18.0. The van der Waals surface area contributed by atoms with Crippen LogP contribution >= 0.6 is 0 Å².